The molecule has 10 nitrogen and oxygen atoms in total. The summed E-state index contributed by atoms with van der Waals surface area (Å²) >= 11 is 0. The van der Waals surface area contributed by atoms with Crippen molar-refractivity contribution < 1.29 is 28.4 Å². The number of carbonyl (C=O) groups excluding carboxylic acids is 5. The third kappa shape index (κ3) is 4.21. The summed E-state index contributed by atoms with van der Waals surface area (Å²) in [4.78, 5) is 63.1. The first-order chi connectivity index (χ1) is 17.5. The number of nitrogens with one attached hydrogen (secondary N) is 3. The second-order valence-corrected chi connectivity index (χ2v) is 8.71. The van der Waals surface area contributed by atoms with Gasteiger partial charge in [0.15, 0.2) is 0 Å². The first-order valence-corrected chi connectivity index (χ1v) is 11.8. The molecule has 1 saturated heterocycles. The van der Waals surface area contributed by atoms with Crippen LogP contribution in [0.3, 0.4) is 0 Å². The summed E-state index contributed by atoms with van der Waals surface area (Å²) in [6.45, 7) is 0.981. The van der Waals surface area contributed by atoms with Gasteiger partial charge in [-0.05, 0) is 37.5 Å². The van der Waals surface area contributed by atoms with Gasteiger partial charge >= 0.3 is 0 Å². The fourth-order valence-electron chi connectivity index (χ4n) is 4.59. The maximum Gasteiger partial charge on any atom is 0.264 e. The van der Waals surface area contributed by atoms with Crippen LogP contribution in [0.4, 0.5) is 5.69 Å². The number of unbranched alkanes of at least 4 members (excludes halogenated alkanes) is 1. The second kappa shape index (κ2) is 9.65. The lowest BCUT2D eigenvalue weighted by Gasteiger charge is -2.27. The topological polar surface area (TPSA) is 138 Å². The van der Waals surface area contributed by atoms with E-state index in [1.165, 1.54) is 6.26 Å². The zero-order valence-corrected chi connectivity index (χ0v) is 19.3. The first-order valence-electron chi connectivity index (χ1n) is 11.8. The predicted octanol–water partition coefficient (Wildman–Crippen LogP) is 2.46. The van der Waals surface area contributed by atoms with Gasteiger partial charge in [-0.15, -0.1) is 0 Å². The van der Waals surface area contributed by atoms with E-state index in [0.717, 1.165) is 10.3 Å². The van der Waals surface area contributed by atoms with Crippen molar-refractivity contribution >= 4 is 46.2 Å². The van der Waals surface area contributed by atoms with Crippen LogP contribution in [0.2, 0.25) is 0 Å². The highest BCUT2D eigenvalue weighted by Crippen LogP contribution is 2.32. The molecule has 2 aromatic carbocycles. The number of piperidine rings is 1. The molecular formula is C26H24N4O6. The van der Waals surface area contributed by atoms with E-state index in [-0.39, 0.29) is 29.9 Å². The molecule has 0 aliphatic carbocycles. The number of amides is 5. The first kappa shape index (κ1) is 23.3. The molecule has 3 aromatic rings. The smallest absolute Gasteiger partial charge is 0.264 e. The summed E-state index contributed by atoms with van der Waals surface area (Å²) in [5.41, 5.74) is 2.12. The summed E-state index contributed by atoms with van der Waals surface area (Å²) in [6.07, 6.45) is 3.03. The van der Waals surface area contributed by atoms with Gasteiger partial charge in [-0.1, -0.05) is 24.3 Å². The Morgan fingerprint density at radius 1 is 1.00 bits per heavy atom. The molecule has 0 bridgehead atoms. The van der Waals surface area contributed by atoms with Crippen LogP contribution < -0.4 is 16.0 Å². The highest BCUT2D eigenvalue weighted by Gasteiger charge is 2.45. The summed E-state index contributed by atoms with van der Waals surface area (Å²) in [5.74, 6) is -2.34. The Kier molecular flexibility index (Phi) is 6.24. The van der Waals surface area contributed by atoms with E-state index < -0.39 is 29.7 Å². The number of carbonyl (C=O) groups is 5. The number of hydrogen-bond donors (Lipinski definition) is 3. The van der Waals surface area contributed by atoms with Crippen LogP contribution in [-0.2, 0) is 9.59 Å². The van der Waals surface area contributed by atoms with Crippen LogP contribution in [0.5, 0.6) is 0 Å². The van der Waals surface area contributed by atoms with Gasteiger partial charge < -0.3 is 15.1 Å². The van der Waals surface area contributed by atoms with Crippen LogP contribution in [0.1, 0.15) is 56.8 Å². The minimum absolute atomic E-state index is 0.0717. The highest BCUT2D eigenvalue weighted by atomic mass is 16.3. The van der Waals surface area contributed by atoms with Gasteiger partial charge in [-0.3, -0.25) is 34.2 Å². The van der Waals surface area contributed by atoms with E-state index in [1.54, 1.807) is 24.3 Å². The lowest BCUT2D eigenvalue weighted by molar-refractivity contribution is -0.136. The van der Waals surface area contributed by atoms with Gasteiger partial charge in [-0.25, -0.2) is 0 Å². The zero-order chi connectivity index (χ0) is 25.2. The third-order valence-electron chi connectivity index (χ3n) is 6.40. The molecule has 5 rings (SSSR count). The van der Waals surface area contributed by atoms with Gasteiger partial charge in [0.05, 0.1) is 16.7 Å². The molecule has 3 N–H and O–H groups in total. The molecule has 36 heavy (non-hydrogen) atoms. The molecule has 0 saturated carbocycles. The molecule has 1 atom stereocenters. The Hall–Kier alpha value is -4.47. The van der Waals surface area contributed by atoms with Crippen molar-refractivity contribution in [1.29, 1.82) is 0 Å². The van der Waals surface area contributed by atoms with E-state index in [9.17, 15) is 24.0 Å². The standard InChI is InChI=1S/C26H24N4O6/c31-21-11-10-19(24(33)29-21)30-25(34)16-7-5-8-18(22(16)26(30)35)27-12-3-4-13-28-23(32)17-14-36-20-9-2-1-6-15(17)20/h1-2,5-9,14,19,27H,3-4,10-13H2,(H,28,32)(H,29,31,33). The Morgan fingerprint density at radius 2 is 1.81 bits per heavy atom. The molecule has 0 radical (unpaired) electrons. The van der Waals surface area contributed by atoms with Crippen molar-refractivity contribution in [1.82, 2.24) is 15.5 Å². The lowest BCUT2D eigenvalue weighted by atomic mass is 10.0. The van der Waals surface area contributed by atoms with E-state index in [2.05, 4.69) is 16.0 Å². The van der Waals surface area contributed by atoms with Crippen LogP contribution in [0, 0.1) is 0 Å². The molecule has 1 fully saturated rings. The van der Waals surface area contributed by atoms with Crippen molar-refractivity contribution in [3.8, 4) is 0 Å². The highest BCUT2D eigenvalue weighted by molar-refractivity contribution is 6.25. The number of para-hydroxylation sites is 1. The predicted molar refractivity (Wildman–Crippen MR) is 129 cm³/mol. The largest absolute Gasteiger partial charge is 0.463 e. The monoisotopic (exact) mass is 488 g/mol. The van der Waals surface area contributed by atoms with E-state index in [1.807, 2.05) is 18.2 Å². The number of hydrogen-bond acceptors (Lipinski definition) is 7. The summed E-state index contributed by atoms with van der Waals surface area (Å²) in [7, 11) is 0. The van der Waals surface area contributed by atoms with Crippen molar-refractivity contribution in [3.63, 3.8) is 0 Å². The Balaban J connectivity index is 1.15. The lowest BCUT2D eigenvalue weighted by Crippen LogP contribution is -2.54. The van der Waals surface area contributed by atoms with Crippen molar-refractivity contribution in [2.24, 2.45) is 0 Å². The van der Waals surface area contributed by atoms with E-state index >= 15 is 0 Å². The summed E-state index contributed by atoms with van der Waals surface area (Å²) < 4.78 is 5.41. The number of anilines is 1. The van der Waals surface area contributed by atoms with Crippen LogP contribution in [-0.4, -0.2) is 53.6 Å². The molecular weight excluding hydrogens is 464 g/mol. The number of imide groups is 2. The molecule has 5 amide bonds. The number of rotatable bonds is 8. The maximum absolute atomic E-state index is 13.1. The van der Waals surface area contributed by atoms with Crippen molar-refractivity contribution in [2.75, 3.05) is 18.4 Å². The molecule has 2 aliphatic rings. The quantitative estimate of drug-likeness (QED) is 0.327. The van der Waals surface area contributed by atoms with E-state index in [0.29, 0.717) is 42.8 Å². The number of fused-ring (bicyclic) bond motifs is 2. The van der Waals surface area contributed by atoms with Crippen molar-refractivity contribution in [2.45, 2.75) is 31.7 Å². The van der Waals surface area contributed by atoms with Gasteiger partial charge in [0.2, 0.25) is 11.8 Å². The van der Waals surface area contributed by atoms with Crippen LogP contribution in [0.15, 0.2) is 53.1 Å². The Bertz CT molecular complexity index is 1390. The normalized spacial score (nSPS) is 17.3. The molecule has 0 spiro atoms. The minimum Gasteiger partial charge on any atom is -0.463 e. The molecule has 10 heteroatoms. The van der Waals surface area contributed by atoms with Gasteiger partial charge in [0.1, 0.15) is 17.9 Å². The zero-order valence-electron chi connectivity index (χ0n) is 19.3. The second-order valence-electron chi connectivity index (χ2n) is 8.71. The SMILES string of the molecule is O=C1CCC(N2C(=O)c3cccc(NCCCCNC(=O)c4coc5ccccc45)c3C2=O)C(=O)N1. The average Bonchev–Trinajstić information content (AvgIpc) is 3.41. The van der Waals surface area contributed by atoms with Crippen molar-refractivity contribution in [3.05, 3.63) is 65.4 Å². The Labute approximate surface area is 206 Å². The summed E-state index contributed by atoms with van der Waals surface area (Å²) in [6, 6.07) is 11.3. The fourth-order valence-corrected chi connectivity index (χ4v) is 4.59. The summed E-state index contributed by atoms with van der Waals surface area (Å²) in [5, 5.41) is 9.04. The molecule has 1 unspecified atom stereocenters. The van der Waals surface area contributed by atoms with Crippen LogP contribution in [0.25, 0.3) is 11.0 Å². The third-order valence-corrected chi connectivity index (χ3v) is 6.40. The minimum atomic E-state index is -1.00. The van der Waals surface area contributed by atoms with E-state index in [4.69, 9.17) is 4.42 Å². The van der Waals surface area contributed by atoms with Gasteiger partial charge in [0.25, 0.3) is 17.7 Å². The maximum atomic E-state index is 13.1. The average molecular weight is 489 g/mol. The molecule has 2 aliphatic heterocycles. The van der Waals surface area contributed by atoms with Gasteiger partial charge in [0, 0.05) is 30.6 Å². The molecule has 3 heterocycles. The molecule has 184 valence electrons. The fraction of sp³-hybridized carbons (Fsp3) is 0.269. The van der Waals surface area contributed by atoms with Gasteiger partial charge in [-0.2, -0.15) is 0 Å². The molecule has 1 aromatic heterocycles. The number of furan rings is 1. The number of nitrogens with zero attached hydrogens (tertiary/aromatic N) is 1. The Morgan fingerprint density at radius 3 is 2.64 bits per heavy atom. The number of benzene rings is 2. The van der Waals surface area contributed by atoms with Crippen LogP contribution >= 0.6 is 0 Å².